The Morgan fingerprint density at radius 2 is 1.69 bits per heavy atom. The van der Waals surface area contributed by atoms with Crippen molar-refractivity contribution >= 4 is 18.0 Å². The van der Waals surface area contributed by atoms with Gasteiger partial charge < -0.3 is 20.5 Å². The molecule has 0 radical (unpaired) electrons. The molecular formula is C28H32N2O5. The number of rotatable bonds is 7. The summed E-state index contributed by atoms with van der Waals surface area (Å²) in [6.07, 6.45) is 4.05. The van der Waals surface area contributed by atoms with E-state index >= 15 is 0 Å². The van der Waals surface area contributed by atoms with Crippen molar-refractivity contribution in [2.24, 2.45) is 5.41 Å². The number of nitrogens with one attached hydrogen (secondary N) is 2. The molecule has 0 bridgehead atoms. The van der Waals surface area contributed by atoms with Crippen molar-refractivity contribution in [1.82, 2.24) is 10.6 Å². The van der Waals surface area contributed by atoms with Gasteiger partial charge in [-0.3, -0.25) is 4.79 Å². The third-order valence-corrected chi connectivity index (χ3v) is 7.37. The highest BCUT2D eigenvalue weighted by molar-refractivity contribution is 5.87. The molecule has 2 aliphatic carbocycles. The number of ether oxygens (including phenoxy) is 1. The van der Waals surface area contributed by atoms with E-state index in [0.717, 1.165) is 24.0 Å². The van der Waals surface area contributed by atoms with Crippen molar-refractivity contribution in [1.29, 1.82) is 0 Å². The van der Waals surface area contributed by atoms with Gasteiger partial charge in [0.15, 0.2) is 0 Å². The fourth-order valence-electron chi connectivity index (χ4n) is 5.21. The van der Waals surface area contributed by atoms with E-state index in [2.05, 4.69) is 34.9 Å². The highest BCUT2D eigenvalue weighted by atomic mass is 16.5. The first-order valence-corrected chi connectivity index (χ1v) is 12.1. The Labute approximate surface area is 205 Å². The first-order chi connectivity index (χ1) is 16.8. The minimum Gasteiger partial charge on any atom is -0.478 e. The smallest absolute Gasteiger partial charge is 0.407 e. The Hall–Kier alpha value is -3.61. The fourth-order valence-corrected chi connectivity index (χ4v) is 5.21. The monoisotopic (exact) mass is 476 g/mol. The lowest BCUT2D eigenvalue weighted by Gasteiger charge is -2.40. The van der Waals surface area contributed by atoms with Gasteiger partial charge in [0.2, 0.25) is 5.91 Å². The van der Waals surface area contributed by atoms with Crippen LogP contribution in [0.25, 0.3) is 11.1 Å². The maximum absolute atomic E-state index is 13.0. The second kappa shape index (κ2) is 10.3. The normalized spacial score (nSPS) is 21.5. The molecule has 4 rings (SSSR count). The molecule has 2 aliphatic rings. The van der Waals surface area contributed by atoms with Gasteiger partial charge in [-0.1, -0.05) is 67.4 Å². The Morgan fingerprint density at radius 3 is 2.31 bits per heavy atom. The zero-order valence-corrected chi connectivity index (χ0v) is 20.2. The molecule has 0 saturated heterocycles. The summed E-state index contributed by atoms with van der Waals surface area (Å²) >= 11 is 0. The van der Waals surface area contributed by atoms with Crippen molar-refractivity contribution in [3.05, 3.63) is 71.3 Å². The van der Waals surface area contributed by atoms with E-state index in [1.807, 2.05) is 31.2 Å². The van der Waals surface area contributed by atoms with Crippen molar-refractivity contribution in [3.63, 3.8) is 0 Å². The van der Waals surface area contributed by atoms with Crippen LogP contribution in [0.1, 0.15) is 56.6 Å². The zero-order chi connectivity index (χ0) is 25.0. The molecule has 2 amide bonds. The minimum absolute atomic E-state index is 0.0292. The van der Waals surface area contributed by atoms with E-state index in [9.17, 15) is 14.4 Å². The molecule has 0 aromatic heterocycles. The molecule has 2 unspecified atom stereocenters. The minimum atomic E-state index is -1.02. The number of hydrogen-bond acceptors (Lipinski definition) is 4. The highest BCUT2D eigenvalue weighted by Crippen LogP contribution is 2.44. The largest absolute Gasteiger partial charge is 0.478 e. The van der Waals surface area contributed by atoms with Crippen LogP contribution in [0.15, 0.2) is 60.2 Å². The van der Waals surface area contributed by atoms with Crippen LogP contribution in [-0.4, -0.2) is 42.3 Å². The predicted molar refractivity (Wildman–Crippen MR) is 133 cm³/mol. The Balaban J connectivity index is 1.39. The molecule has 0 aliphatic heterocycles. The summed E-state index contributed by atoms with van der Waals surface area (Å²) in [4.78, 5) is 36.8. The fraction of sp³-hybridized carbons (Fsp3) is 0.393. The van der Waals surface area contributed by atoms with Gasteiger partial charge >= 0.3 is 12.1 Å². The number of carbonyl (C=O) groups is 3. The molecule has 184 valence electrons. The number of benzene rings is 2. The molecule has 2 atom stereocenters. The molecule has 35 heavy (non-hydrogen) atoms. The topological polar surface area (TPSA) is 105 Å². The molecule has 1 fully saturated rings. The van der Waals surface area contributed by atoms with Crippen LogP contribution < -0.4 is 10.6 Å². The lowest BCUT2D eigenvalue weighted by atomic mass is 9.71. The van der Waals surface area contributed by atoms with Crippen LogP contribution in [0.2, 0.25) is 0 Å². The summed E-state index contributed by atoms with van der Waals surface area (Å²) in [5.41, 5.74) is 4.00. The van der Waals surface area contributed by atoms with Gasteiger partial charge in [0.25, 0.3) is 0 Å². The van der Waals surface area contributed by atoms with E-state index < -0.39 is 17.5 Å². The summed E-state index contributed by atoms with van der Waals surface area (Å²) in [7, 11) is 0. The summed E-state index contributed by atoms with van der Waals surface area (Å²) < 4.78 is 5.70. The van der Waals surface area contributed by atoms with E-state index in [0.29, 0.717) is 12.8 Å². The average molecular weight is 477 g/mol. The second-order valence-corrected chi connectivity index (χ2v) is 9.59. The van der Waals surface area contributed by atoms with Gasteiger partial charge in [-0.2, -0.15) is 0 Å². The Kier molecular flexibility index (Phi) is 7.24. The number of alkyl carbamates (subject to hydrolysis) is 1. The summed E-state index contributed by atoms with van der Waals surface area (Å²) in [6.45, 7) is 3.68. The molecule has 2 aromatic carbocycles. The standard InChI is InChI=1S/C28H32N2O5/c1-18(25(31)32)14-16-29-26(33)28(2)15-8-7-13-24(28)30-27(34)35-17-23-21-11-5-3-9-19(21)20-10-4-6-12-22(20)23/h3-6,9-12,14,23-24H,7-8,13,15-17H2,1-2H3,(H,29,33)(H,30,34)(H,31,32)/b18-14+. The third kappa shape index (κ3) is 5.09. The van der Waals surface area contributed by atoms with E-state index in [1.165, 1.54) is 24.1 Å². The van der Waals surface area contributed by atoms with Crippen molar-refractivity contribution in [2.45, 2.75) is 51.5 Å². The van der Waals surface area contributed by atoms with Crippen LogP contribution in [0, 0.1) is 5.41 Å². The van der Waals surface area contributed by atoms with Crippen LogP contribution in [0.4, 0.5) is 4.79 Å². The van der Waals surface area contributed by atoms with Gasteiger partial charge in [0.05, 0.1) is 5.41 Å². The second-order valence-electron chi connectivity index (χ2n) is 9.59. The molecule has 2 aromatic rings. The third-order valence-electron chi connectivity index (χ3n) is 7.37. The molecule has 7 heteroatoms. The number of hydrogen-bond donors (Lipinski definition) is 3. The van der Waals surface area contributed by atoms with E-state index in [-0.39, 0.29) is 36.6 Å². The Morgan fingerprint density at radius 1 is 1.06 bits per heavy atom. The quantitative estimate of drug-likeness (QED) is 0.506. The highest BCUT2D eigenvalue weighted by Gasteiger charge is 2.44. The van der Waals surface area contributed by atoms with E-state index in [4.69, 9.17) is 9.84 Å². The first kappa shape index (κ1) is 24.5. The van der Waals surface area contributed by atoms with Crippen molar-refractivity contribution < 1.29 is 24.2 Å². The lowest BCUT2D eigenvalue weighted by Crippen LogP contribution is -2.55. The maximum Gasteiger partial charge on any atom is 0.407 e. The summed E-state index contributed by atoms with van der Waals surface area (Å²) in [5, 5.41) is 14.7. The Bertz CT molecular complexity index is 1110. The van der Waals surface area contributed by atoms with E-state index in [1.54, 1.807) is 0 Å². The van der Waals surface area contributed by atoms with Crippen molar-refractivity contribution in [3.8, 4) is 11.1 Å². The van der Waals surface area contributed by atoms with Gasteiger partial charge in [0.1, 0.15) is 6.61 Å². The molecule has 0 heterocycles. The number of amides is 2. The number of carboxylic acid groups (broad SMARTS) is 1. The lowest BCUT2D eigenvalue weighted by molar-refractivity contribution is -0.134. The average Bonchev–Trinajstić information content (AvgIpc) is 3.17. The molecule has 3 N–H and O–H groups in total. The van der Waals surface area contributed by atoms with Crippen LogP contribution in [0.3, 0.4) is 0 Å². The number of aliphatic carboxylic acids is 1. The zero-order valence-electron chi connectivity index (χ0n) is 20.2. The van der Waals surface area contributed by atoms with Crippen LogP contribution >= 0.6 is 0 Å². The molecule has 0 spiro atoms. The van der Waals surface area contributed by atoms with Crippen LogP contribution in [0.5, 0.6) is 0 Å². The SMILES string of the molecule is C/C(=C\CNC(=O)C1(C)CCCCC1NC(=O)OCC1c2ccccc2-c2ccccc21)C(=O)O. The van der Waals surface area contributed by atoms with Gasteiger partial charge in [0, 0.05) is 24.1 Å². The summed E-state index contributed by atoms with van der Waals surface area (Å²) in [5.74, 6) is -1.24. The summed E-state index contributed by atoms with van der Waals surface area (Å²) in [6, 6.07) is 16.0. The van der Waals surface area contributed by atoms with Crippen LogP contribution in [-0.2, 0) is 14.3 Å². The number of carboxylic acids is 1. The molecule has 7 nitrogen and oxygen atoms in total. The molecular weight excluding hydrogens is 444 g/mol. The van der Waals surface area contributed by atoms with Gasteiger partial charge in [-0.25, -0.2) is 9.59 Å². The number of fused-ring (bicyclic) bond motifs is 3. The van der Waals surface area contributed by atoms with Crippen molar-refractivity contribution in [2.75, 3.05) is 13.2 Å². The van der Waals surface area contributed by atoms with Gasteiger partial charge in [-0.15, -0.1) is 0 Å². The predicted octanol–water partition coefficient (Wildman–Crippen LogP) is 4.62. The molecule has 1 saturated carbocycles. The maximum atomic E-state index is 13.0. The van der Waals surface area contributed by atoms with Gasteiger partial charge in [-0.05, 0) is 48.9 Å². The number of carbonyl (C=O) groups excluding carboxylic acids is 2. The first-order valence-electron chi connectivity index (χ1n) is 12.1.